The molecule has 3 nitrogen and oxygen atoms in total. The van der Waals surface area contributed by atoms with Crippen LogP contribution < -0.4 is 0 Å². The van der Waals surface area contributed by atoms with E-state index < -0.39 is 0 Å². The third-order valence-electron chi connectivity index (χ3n) is 1.90. The van der Waals surface area contributed by atoms with E-state index in [4.69, 9.17) is 4.84 Å². The normalized spacial score (nSPS) is 9.93. The third-order valence-corrected chi connectivity index (χ3v) is 2.64. The Morgan fingerprint density at radius 1 is 1.36 bits per heavy atom. The van der Waals surface area contributed by atoms with Gasteiger partial charge in [-0.05, 0) is 30.5 Å². The molecule has 1 aromatic carbocycles. The lowest BCUT2D eigenvalue weighted by Gasteiger charge is -2.13. The first-order valence-electron chi connectivity index (χ1n) is 4.15. The van der Waals surface area contributed by atoms with Gasteiger partial charge in [0.25, 0.3) is 5.91 Å². The fraction of sp³-hybridized carbons (Fsp3) is 0.300. The zero-order chi connectivity index (χ0) is 10.6. The summed E-state index contributed by atoms with van der Waals surface area (Å²) in [5, 5.41) is 1.20. The van der Waals surface area contributed by atoms with Gasteiger partial charge in [-0.3, -0.25) is 9.63 Å². The van der Waals surface area contributed by atoms with Gasteiger partial charge in [0.1, 0.15) is 0 Å². The van der Waals surface area contributed by atoms with Crippen LogP contribution in [-0.4, -0.2) is 31.4 Å². The second-order valence-electron chi connectivity index (χ2n) is 2.71. The summed E-state index contributed by atoms with van der Waals surface area (Å²) in [6, 6.07) is 7.43. The molecule has 1 amide bonds. The maximum absolute atomic E-state index is 11.6. The monoisotopic (exact) mass is 211 g/mol. The van der Waals surface area contributed by atoms with Gasteiger partial charge in [-0.15, -0.1) is 11.8 Å². The molecule has 0 spiro atoms. The van der Waals surface area contributed by atoms with Crippen molar-refractivity contribution in [3.8, 4) is 0 Å². The van der Waals surface area contributed by atoms with Crippen molar-refractivity contribution in [1.29, 1.82) is 0 Å². The Morgan fingerprint density at radius 2 is 1.93 bits per heavy atom. The van der Waals surface area contributed by atoms with Gasteiger partial charge >= 0.3 is 0 Å². The number of thioether (sulfide) groups is 1. The van der Waals surface area contributed by atoms with Gasteiger partial charge in [0.05, 0.1) is 7.11 Å². The number of hydrogen-bond acceptors (Lipinski definition) is 3. The standard InChI is InChI=1S/C10H13NO2S/c1-11(13-2)10(12)8-4-6-9(14-3)7-5-8/h4-7H,1-3H3. The minimum absolute atomic E-state index is 0.139. The molecule has 76 valence electrons. The van der Waals surface area contributed by atoms with Gasteiger partial charge in [-0.2, -0.15) is 0 Å². The van der Waals surface area contributed by atoms with Crippen molar-refractivity contribution in [2.75, 3.05) is 20.4 Å². The lowest BCUT2D eigenvalue weighted by atomic mass is 10.2. The highest BCUT2D eigenvalue weighted by Crippen LogP contribution is 2.15. The minimum Gasteiger partial charge on any atom is -0.274 e. The summed E-state index contributed by atoms with van der Waals surface area (Å²) in [4.78, 5) is 17.5. The van der Waals surface area contributed by atoms with E-state index in [1.54, 1.807) is 30.9 Å². The Morgan fingerprint density at radius 3 is 2.36 bits per heavy atom. The van der Waals surface area contributed by atoms with Gasteiger partial charge in [0.2, 0.25) is 0 Å². The molecule has 0 aromatic heterocycles. The van der Waals surface area contributed by atoms with Crippen molar-refractivity contribution < 1.29 is 9.63 Å². The lowest BCUT2D eigenvalue weighted by molar-refractivity contribution is -0.0757. The van der Waals surface area contributed by atoms with E-state index in [9.17, 15) is 4.79 Å². The highest BCUT2D eigenvalue weighted by molar-refractivity contribution is 7.98. The van der Waals surface area contributed by atoms with Gasteiger partial charge < -0.3 is 0 Å². The van der Waals surface area contributed by atoms with Crippen LogP contribution in [0.1, 0.15) is 10.4 Å². The van der Waals surface area contributed by atoms with Crippen LogP contribution >= 0.6 is 11.8 Å². The van der Waals surface area contributed by atoms with Crippen LogP contribution in [0.2, 0.25) is 0 Å². The number of carbonyl (C=O) groups is 1. The SMILES string of the molecule is CON(C)C(=O)c1ccc(SC)cc1. The summed E-state index contributed by atoms with van der Waals surface area (Å²) in [7, 11) is 3.05. The van der Waals surface area contributed by atoms with E-state index in [2.05, 4.69) is 0 Å². The number of carbonyl (C=O) groups excluding carboxylic acids is 1. The number of rotatable bonds is 3. The summed E-state index contributed by atoms with van der Waals surface area (Å²) in [5.74, 6) is -0.139. The highest BCUT2D eigenvalue weighted by atomic mass is 32.2. The molecule has 0 radical (unpaired) electrons. The number of amides is 1. The Bertz CT molecular complexity index is 310. The highest BCUT2D eigenvalue weighted by Gasteiger charge is 2.10. The molecule has 4 heteroatoms. The van der Waals surface area contributed by atoms with Crippen molar-refractivity contribution in [3.05, 3.63) is 29.8 Å². The molecule has 0 atom stereocenters. The van der Waals surface area contributed by atoms with Gasteiger partial charge in [0.15, 0.2) is 0 Å². The summed E-state index contributed by atoms with van der Waals surface area (Å²) in [6.45, 7) is 0. The molecule has 0 aliphatic rings. The summed E-state index contributed by atoms with van der Waals surface area (Å²) < 4.78 is 0. The van der Waals surface area contributed by atoms with Crippen molar-refractivity contribution in [1.82, 2.24) is 5.06 Å². The van der Waals surface area contributed by atoms with Crippen LogP contribution in [0, 0.1) is 0 Å². The molecule has 1 rings (SSSR count). The van der Waals surface area contributed by atoms with E-state index in [0.29, 0.717) is 5.56 Å². The predicted octanol–water partition coefficient (Wildman–Crippen LogP) is 2.04. The van der Waals surface area contributed by atoms with Gasteiger partial charge in [0, 0.05) is 17.5 Å². The number of nitrogens with zero attached hydrogens (tertiary/aromatic N) is 1. The Hall–Kier alpha value is -1.00. The van der Waals surface area contributed by atoms with Crippen molar-refractivity contribution in [2.24, 2.45) is 0 Å². The molecule has 0 aliphatic heterocycles. The van der Waals surface area contributed by atoms with Crippen molar-refractivity contribution >= 4 is 17.7 Å². The van der Waals surface area contributed by atoms with Crippen LogP contribution in [0.5, 0.6) is 0 Å². The predicted molar refractivity (Wildman–Crippen MR) is 57.3 cm³/mol. The van der Waals surface area contributed by atoms with Crippen LogP contribution in [0.25, 0.3) is 0 Å². The van der Waals surface area contributed by atoms with Gasteiger partial charge in [-0.25, -0.2) is 5.06 Å². The molecule has 0 fully saturated rings. The molecule has 0 heterocycles. The second-order valence-corrected chi connectivity index (χ2v) is 3.59. The number of benzene rings is 1. The van der Waals surface area contributed by atoms with Crippen molar-refractivity contribution in [2.45, 2.75) is 4.90 Å². The molecule has 0 saturated carbocycles. The molecule has 0 bridgehead atoms. The summed E-state index contributed by atoms with van der Waals surface area (Å²) in [6.07, 6.45) is 2.00. The van der Waals surface area contributed by atoms with Crippen molar-refractivity contribution in [3.63, 3.8) is 0 Å². The minimum atomic E-state index is -0.139. The summed E-state index contributed by atoms with van der Waals surface area (Å²) in [5.41, 5.74) is 0.632. The topological polar surface area (TPSA) is 29.5 Å². The van der Waals surface area contributed by atoms with E-state index in [-0.39, 0.29) is 5.91 Å². The molecule has 0 N–H and O–H groups in total. The Kier molecular flexibility index (Phi) is 3.98. The summed E-state index contributed by atoms with van der Waals surface area (Å²) >= 11 is 1.65. The van der Waals surface area contributed by atoms with Crippen LogP contribution in [0.15, 0.2) is 29.2 Å². The lowest BCUT2D eigenvalue weighted by Crippen LogP contribution is -2.25. The van der Waals surface area contributed by atoms with Crippen LogP contribution in [0.4, 0.5) is 0 Å². The average molecular weight is 211 g/mol. The molecule has 0 aliphatic carbocycles. The molecular formula is C10H13NO2S. The van der Waals surface area contributed by atoms with E-state index in [1.807, 2.05) is 18.4 Å². The molecule has 1 aromatic rings. The second kappa shape index (κ2) is 5.02. The molecule has 14 heavy (non-hydrogen) atoms. The largest absolute Gasteiger partial charge is 0.277 e. The third kappa shape index (κ3) is 2.49. The zero-order valence-electron chi connectivity index (χ0n) is 8.48. The zero-order valence-corrected chi connectivity index (χ0v) is 9.30. The molecule has 0 saturated heterocycles. The smallest absolute Gasteiger partial charge is 0.274 e. The van der Waals surface area contributed by atoms with Crippen LogP contribution in [0.3, 0.4) is 0 Å². The Labute approximate surface area is 88.0 Å². The number of hydrogen-bond donors (Lipinski definition) is 0. The molecular weight excluding hydrogens is 198 g/mol. The first kappa shape index (κ1) is 11.1. The van der Waals surface area contributed by atoms with E-state index in [1.165, 1.54) is 12.2 Å². The first-order chi connectivity index (χ1) is 6.69. The van der Waals surface area contributed by atoms with Crippen LogP contribution in [-0.2, 0) is 4.84 Å². The first-order valence-corrected chi connectivity index (χ1v) is 5.37. The van der Waals surface area contributed by atoms with Gasteiger partial charge in [-0.1, -0.05) is 0 Å². The molecule has 0 unspecified atom stereocenters. The van der Waals surface area contributed by atoms with E-state index in [0.717, 1.165) is 4.90 Å². The fourth-order valence-electron chi connectivity index (χ4n) is 0.998. The van der Waals surface area contributed by atoms with E-state index >= 15 is 0 Å². The fourth-order valence-corrected chi connectivity index (χ4v) is 1.41. The number of hydroxylamine groups is 2. The quantitative estimate of drug-likeness (QED) is 0.566. The average Bonchev–Trinajstić information content (AvgIpc) is 2.27. The Balaban J connectivity index is 2.81. The maximum Gasteiger partial charge on any atom is 0.277 e. The maximum atomic E-state index is 11.6.